The average Bonchev–Trinajstić information content (AvgIpc) is 3.49. The van der Waals surface area contributed by atoms with Gasteiger partial charge < -0.3 is 9.47 Å². The van der Waals surface area contributed by atoms with E-state index >= 15 is 13.2 Å². The molecular weight excluding hydrogens is 625 g/mol. The van der Waals surface area contributed by atoms with Crippen LogP contribution in [0, 0.1) is 24.7 Å². The number of hydrogen-bond acceptors (Lipinski definition) is 6. The van der Waals surface area contributed by atoms with Crippen LogP contribution >= 0.6 is 0 Å². The molecule has 0 fully saturated rings. The van der Waals surface area contributed by atoms with Crippen molar-refractivity contribution in [2.75, 3.05) is 23.0 Å². The molecule has 0 bridgehead atoms. The number of carbonyl (C=O) groups is 4. The summed E-state index contributed by atoms with van der Waals surface area (Å²) in [6, 6.07) is 18.6. The van der Waals surface area contributed by atoms with Gasteiger partial charge in [-0.15, -0.1) is 12.8 Å². The SMILES string of the molecule is C#CCOc1ccc(N2C(=O)c3ccc(C(C)(c4ccc5c(c4)C(=O)N(c4ccc(OCC#C)cc4)C5=O)C(F)(F)F)cc3C2=O)cc1. The highest BCUT2D eigenvalue weighted by atomic mass is 19.4. The van der Waals surface area contributed by atoms with E-state index in [1.165, 1.54) is 60.7 Å². The van der Waals surface area contributed by atoms with E-state index in [2.05, 4.69) is 11.8 Å². The van der Waals surface area contributed by atoms with Crippen molar-refractivity contribution < 1.29 is 41.8 Å². The third kappa shape index (κ3) is 5.02. The summed E-state index contributed by atoms with van der Waals surface area (Å²) in [4.78, 5) is 55.1. The predicted molar refractivity (Wildman–Crippen MR) is 169 cm³/mol. The molecule has 0 spiro atoms. The monoisotopic (exact) mass is 648 g/mol. The van der Waals surface area contributed by atoms with Crippen molar-refractivity contribution in [3.05, 3.63) is 118 Å². The molecule has 0 aromatic heterocycles. The number of imide groups is 2. The van der Waals surface area contributed by atoms with Crippen LogP contribution in [-0.2, 0) is 5.41 Å². The average molecular weight is 649 g/mol. The van der Waals surface area contributed by atoms with Crippen LogP contribution < -0.4 is 19.3 Å². The summed E-state index contributed by atoms with van der Waals surface area (Å²) < 4.78 is 55.9. The maximum absolute atomic E-state index is 15.1. The van der Waals surface area contributed by atoms with Crippen molar-refractivity contribution in [1.29, 1.82) is 0 Å². The predicted octanol–water partition coefficient (Wildman–Crippen LogP) is 6.18. The van der Waals surface area contributed by atoms with Gasteiger partial charge in [-0.1, -0.05) is 24.0 Å². The molecule has 0 saturated heterocycles. The normalized spacial score (nSPS) is 14.0. The molecule has 2 heterocycles. The summed E-state index contributed by atoms with van der Waals surface area (Å²) in [6.45, 7) is 0.939. The molecule has 238 valence electrons. The minimum absolute atomic E-state index is 0.0118. The van der Waals surface area contributed by atoms with Crippen molar-refractivity contribution in [2.45, 2.75) is 18.5 Å². The summed E-state index contributed by atoms with van der Waals surface area (Å²) in [6.07, 6.45) is 5.45. The molecule has 2 aliphatic heterocycles. The van der Waals surface area contributed by atoms with Crippen LogP contribution in [0.5, 0.6) is 11.5 Å². The van der Waals surface area contributed by atoms with E-state index in [1.807, 2.05) is 0 Å². The maximum atomic E-state index is 15.1. The topological polar surface area (TPSA) is 93.2 Å². The molecule has 0 aliphatic carbocycles. The Kier molecular flexibility index (Phi) is 7.77. The van der Waals surface area contributed by atoms with Crippen molar-refractivity contribution >= 4 is 35.0 Å². The lowest BCUT2D eigenvalue weighted by atomic mass is 9.74. The molecule has 0 unspecified atom stereocenters. The number of anilines is 2. The van der Waals surface area contributed by atoms with Gasteiger partial charge >= 0.3 is 6.18 Å². The molecule has 0 atom stereocenters. The number of hydrogen-bond donors (Lipinski definition) is 0. The number of halogens is 3. The highest BCUT2D eigenvalue weighted by Crippen LogP contribution is 2.48. The molecule has 0 radical (unpaired) electrons. The van der Waals surface area contributed by atoms with Crippen LogP contribution in [0.15, 0.2) is 84.9 Å². The standard InChI is InChI=1S/C37H23F3N2O6/c1-4-18-47-26-12-8-24(9-13-26)41-32(43)28-16-6-22(20-30(28)34(41)45)36(3,37(38,39)40)23-7-17-29-31(21-23)35(46)42(33(29)44)25-10-14-27(15-11-25)48-19-5-2/h1-2,6-17,20-21H,18-19H2,3H3. The number of benzene rings is 4. The van der Waals surface area contributed by atoms with Gasteiger partial charge in [-0.3, -0.25) is 19.2 Å². The summed E-state index contributed by atoms with van der Waals surface area (Å²) in [7, 11) is 0. The Labute approximate surface area is 272 Å². The van der Waals surface area contributed by atoms with E-state index in [4.69, 9.17) is 22.3 Å². The fourth-order valence-corrected chi connectivity index (χ4v) is 5.70. The minimum atomic E-state index is -4.94. The number of alkyl halides is 3. The molecule has 4 aromatic carbocycles. The smallest absolute Gasteiger partial charge is 0.402 e. The minimum Gasteiger partial charge on any atom is -0.481 e. The number of nitrogens with zero attached hydrogens (tertiary/aromatic N) is 2. The molecule has 4 amide bonds. The number of ether oxygens (including phenoxy) is 2. The summed E-state index contributed by atoms with van der Waals surface area (Å²) in [5.74, 6) is 2.42. The van der Waals surface area contributed by atoms with E-state index in [0.717, 1.165) is 41.0 Å². The zero-order chi connectivity index (χ0) is 34.4. The lowest BCUT2D eigenvalue weighted by Gasteiger charge is -2.33. The van der Waals surface area contributed by atoms with E-state index < -0.39 is 35.2 Å². The summed E-state index contributed by atoms with van der Waals surface area (Å²) in [5.41, 5.74) is -3.62. The highest BCUT2D eigenvalue weighted by Gasteiger charge is 2.55. The molecule has 11 heteroatoms. The third-order valence-electron chi connectivity index (χ3n) is 8.33. The molecular formula is C37H23F3N2O6. The molecule has 48 heavy (non-hydrogen) atoms. The van der Waals surface area contributed by atoms with Crippen LogP contribution in [0.2, 0.25) is 0 Å². The lowest BCUT2D eigenvalue weighted by molar-refractivity contribution is -0.173. The number of fused-ring (bicyclic) bond motifs is 2. The lowest BCUT2D eigenvalue weighted by Crippen LogP contribution is -2.41. The van der Waals surface area contributed by atoms with Gasteiger partial charge in [0.2, 0.25) is 0 Å². The molecule has 4 aromatic rings. The summed E-state index contributed by atoms with van der Waals surface area (Å²) >= 11 is 0. The Balaban J connectivity index is 1.34. The van der Waals surface area contributed by atoms with Crippen LogP contribution in [0.1, 0.15) is 59.5 Å². The van der Waals surface area contributed by atoms with Gasteiger partial charge in [-0.25, -0.2) is 9.80 Å². The van der Waals surface area contributed by atoms with Gasteiger partial charge in [0.15, 0.2) is 0 Å². The Morgan fingerprint density at radius 3 is 1.27 bits per heavy atom. The zero-order valence-electron chi connectivity index (χ0n) is 25.1. The Morgan fingerprint density at radius 1 is 0.583 bits per heavy atom. The van der Waals surface area contributed by atoms with Crippen molar-refractivity contribution in [3.63, 3.8) is 0 Å². The van der Waals surface area contributed by atoms with Crippen LogP contribution in [-0.4, -0.2) is 43.0 Å². The number of carbonyl (C=O) groups excluding carboxylic acids is 4. The van der Waals surface area contributed by atoms with Gasteiger partial charge in [-0.05, 0) is 90.8 Å². The quantitative estimate of drug-likeness (QED) is 0.167. The molecule has 8 nitrogen and oxygen atoms in total. The van der Waals surface area contributed by atoms with E-state index in [0.29, 0.717) is 11.5 Å². The largest absolute Gasteiger partial charge is 0.481 e. The zero-order valence-corrected chi connectivity index (χ0v) is 25.1. The number of terminal acetylenes is 2. The molecule has 6 rings (SSSR count). The first-order chi connectivity index (χ1) is 22.9. The van der Waals surface area contributed by atoms with E-state index in [1.54, 1.807) is 0 Å². The van der Waals surface area contributed by atoms with Gasteiger partial charge in [0.25, 0.3) is 23.6 Å². The second kappa shape index (κ2) is 11.8. The third-order valence-corrected chi connectivity index (χ3v) is 8.33. The number of amides is 4. The van der Waals surface area contributed by atoms with Gasteiger partial charge in [0.05, 0.1) is 33.6 Å². The fraction of sp³-hybridized carbons (Fsp3) is 0.135. The highest BCUT2D eigenvalue weighted by molar-refractivity contribution is 6.35. The van der Waals surface area contributed by atoms with Gasteiger partial charge in [0.1, 0.15) is 30.1 Å². The molecule has 0 saturated carbocycles. The summed E-state index contributed by atoms with van der Waals surface area (Å²) in [5, 5.41) is 0. The first kappa shape index (κ1) is 31.6. The van der Waals surface area contributed by atoms with E-state index in [-0.39, 0.29) is 58.0 Å². The fourth-order valence-electron chi connectivity index (χ4n) is 5.70. The molecule has 0 N–H and O–H groups in total. The van der Waals surface area contributed by atoms with Gasteiger partial charge in [-0.2, -0.15) is 13.2 Å². The van der Waals surface area contributed by atoms with Crippen LogP contribution in [0.25, 0.3) is 0 Å². The van der Waals surface area contributed by atoms with Crippen molar-refractivity contribution in [1.82, 2.24) is 0 Å². The number of rotatable bonds is 8. The van der Waals surface area contributed by atoms with Crippen LogP contribution in [0.3, 0.4) is 0 Å². The second-order valence-electron chi connectivity index (χ2n) is 11.0. The first-order valence-corrected chi connectivity index (χ1v) is 14.4. The Morgan fingerprint density at radius 2 is 0.938 bits per heavy atom. The maximum Gasteiger partial charge on any atom is 0.402 e. The van der Waals surface area contributed by atoms with Gasteiger partial charge in [0, 0.05) is 0 Å². The Hall–Kier alpha value is -6.33. The van der Waals surface area contributed by atoms with Crippen molar-refractivity contribution in [3.8, 4) is 36.2 Å². The Bertz CT molecular complexity index is 1950. The first-order valence-electron chi connectivity index (χ1n) is 14.4. The second-order valence-corrected chi connectivity index (χ2v) is 11.0. The van der Waals surface area contributed by atoms with Crippen molar-refractivity contribution in [2.24, 2.45) is 0 Å². The molecule has 2 aliphatic rings. The van der Waals surface area contributed by atoms with Crippen LogP contribution in [0.4, 0.5) is 24.5 Å². The van der Waals surface area contributed by atoms with E-state index in [9.17, 15) is 19.2 Å².